The van der Waals surface area contributed by atoms with Crippen LogP contribution in [0.4, 0.5) is 0 Å². The minimum Gasteiger partial charge on any atom is -0.374 e. The molecule has 0 radical (unpaired) electrons. The number of hydrogen-bond acceptors (Lipinski definition) is 5. The molecule has 19 heavy (non-hydrogen) atoms. The van der Waals surface area contributed by atoms with Crippen molar-refractivity contribution in [2.75, 3.05) is 19.7 Å². The third kappa shape index (κ3) is 3.76. The molecule has 0 aromatic carbocycles. The second-order valence-electron chi connectivity index (χ2n) is 5.46. The number of rotatable bonds is 5. The zero-order valence-corrected chi connectivity index (χ0v) is 12.0. The van der Waals surface area contributed by atoms with E-state index in [0.717, 1.165) is 31.8 Å². The molecular weight excluding hydrogens is 242 g/mol. The molecule has 6 heteroatoms. The quantitative estimate of drug-likeness (QED) is 0.576. The van der Waals surface area contributed by atoms with Crippen LogP contribution >= 0.6 is 0 Å². The fourth-order valence-corrected chi connectivity index (χ4v) is 2.50. The molecule has 2 unspecified atom stereocenters. The minimum atomic E-state index is 0.0939. The average molecular weight is 267 g/mol. The van der Waals surface area contributed by atoms with Crippen LogP contribution in [0.15, 0.2) is 12.3 Å². The SMILES string of the molecule is CC(C)N1CCOC(C(Cc2ccn(C)n2)NN)C1. The number of ether oxygens (including phenoxy) is 1. The molecule has 2 atom stereocenters. The molecule has 2 heterocycles. The predicted octanol–water partition coefficient (Wildman–Crippen LogP) is -0.0963. The number of nitrogens with one attached hydrogen (secondary N) is 1. The number of nitrogens with two attached hydrogens (primary N) is 1. The highest BCUT2D eigenvalue weighted by atomic mass is 16.5. The Morgan fingerprint density at radius 2 is 2.37 bits per heavy atom. The summed E-state index contributed by atoms with van der Waals surface area (Å²) in [5.41, 5.74) is 3.93. The summed E-state index contributed by atoms with van der Waals surface area (Å²) in [4.78, 5) is 2.43. The van der Waals surface area contributed by atoms with Crippen molar-refractivity contribution in [2.24, 2.45) is 12.9 Å². The van der Waals surface area contributed by atoms with Gasteiger partial charge in [0.2, 0.25) is 0 Å². The third-order valence-corrected chi connectivity index (χ3v) is 3.72. The highest BCUT2D eigenvalue weighted by Gasteiger charge is 2.29. The molecule has 1 aromatic rings. The maximum absolute atomic E-state index is 5.87. The predicted molar refractivity (Wildman–Crippen MR) is 74.5 cm³/mol. The molecule has 0 amide bonds. The lowest BCUT2D eigenvalue weighted by molar-refractivity contribution is -0.0554. The van der Waals surface area contributed by atoms with Gasteiger partial charge in [0.05, 0.1) is 24.4 Å². The van der Waals surface area contributed by atoms with Crippen molar-refractivity contribution < 1.29 is 4.74 Å². The van der Waals surface area contributed by atoms with Gasteiger partial charge in [-0.25, -0.2) is 0 Å². The van der Waals surface area contributed by atoms with Crippen molar-refractivity contribution in [1.29, 1.82) is 0 Å². The van der Waals surface area contributed by atoms with E-state index in [1.54, 1.807) is 0 Å². The van der Waals surface area contributed by atoms with Crippen LogP contribution in [-0.4, -0.2) is 52.6 Å². The van der Waals surface area contributed by atoms with Gasteiger partial charge in [-0.2, -0.15) is 5.10 Å². The molecule has 6 nitrogen and oxygen atoms in total. The van der Waals surface area contributed by atoms with Crippen LogP contribution < -0.4 is 11.3 Å². The summed E-state index contributed by atoms with van der Waals surface area (Å²) in [7, 11) is 1.92. The van der Waals surface area contributed by atoms with Gasteiger partial charge in [-0.1, -0.05) is 0 Å². The van der Waals surface area contributed by atoms with Crippen LogP contribution in [-0.2, 0) is 18.2 Å². The van der Waals surface area contributed by atoms with E-state index in [1.807, 2.05) is 24.0 Å². The molecule has 108 valence electrons. The first kappa shape index (κ1) is 14.5. The molecule has 1 fully saturated rings. The van der Waals surface area contributed by atoms with Crippen molar-refractivity contribution in [3.63, 3.8) is 0 Å². The molecule has 1 aliphatic rings. The van der Waals surface area contributed by atoms with Gasteiger partial charge in [0.15, 0.2) is 0 Å². The van der Waals surface area contributed by atoms with Gasteiger partial charge >= 0.3 is 0 Å². The van der Waals surface area contributed by atoms with E-state index in [0.29, 0.717) is 6.04 Å². The summed E-state index contributed by atoms with van der Waals surface area (Å²) >= 11 is 0. The summed E-state index contributed by atoms with van der Waals surface area (Å²) in [6.45, 7) is 7.11. The van der Waals surface area contributed by atoms with Gasteiger partial charge in [-0.05, 0) is 19.9 Å². The van der Waals surface area contributed by atoms with Crippen LogP contribution in [0, 0.1) is 0 Å². The highest BCUT2D eigenvalue weighted by Crippen LogP contribution is 2.14. The summed E-state index contributed by atoms with van der Waals surface area (Å²) in [6.07, 6.45) is 2.85. The lowest BCUT2D eigenvalue weighted by Gasteiger charge is -2.38. The Morgan fingerprint density at radius 1 is 1.58 bits per heavy atom. The van der Waals surface area contributed by atoms with E-state index in [-0.39, 0.29) is 12.1 Å². The lowest BCUT2D eigenvalue weighted by atomic mass is 10.0. The topological polar surface area (TPSA) is 68.3 Å². The van der Waals surface area contributed by atoms with Gasteiger partial charge < -0.3 is 4.74 Å². The molecule has 0 aliphatic carbocycles. The fourth-order valence-electron chi connectivity index (χ4n) is 2.50. The lowest BCUT2D eigenvalue weighted by Crippen LogP contribution is -2.56. The van der Waals surface area contributed by atoms with Crippen LogP contribution in [0.1, 0.15) is 19.5 Å². The standard InChI is InChI=1S/C13H25N5O/c1-10(2)18-6-7-19-13(9-18)12(15-14)8-11-4-5-17(3)16-11/h4-5,10,12-13,15H,6-9,14H2,1-3H3. The van der Waals surface area contributed by atoms with Gasteiger partial charge in [-0.15, -0.1) is 0 Å². The van der Waals surface area contributed by atoms with Crippen molar-refractivity contribution in [3.05, 3.63) is 18.0 Å². The van der Waals surface area contributed by atoms with Crippen molar-refractivity contribution >= 4 is 0 Å². The molecule has 3 N–H and O–H groups in total. The summed E-state index contributed by atoms with van der Waals surface area (Å²) < 4.78 is 7.68. The molecule has 0 bridgehead atoms. The number of morpholine rings is 1. The normalized spacial score (nSPS) is 22.9. The number of hydrazine groups is 1. The largest absolute Gasteiger partial charge is 0.374 e. The Hall–Kier alpha value is -0.950. The second kappa shape index (κ2) is 6.47. The maximum atomic E-state index is 5.87. The first-order valence-corrected chi connectivity index (χ1v) is 6.90. The number of nitrogens with zero attached hydrogens (tertiary/aromatic N) is 3. The Labute approximate surface area is 114 Å². The van der Waals surface area contributed by atoms with E-state index < -0.39 is 0 Å². The molecule has 1 aromatic heterocycles. The van der Waals surface area contributed by atoms with Gasteiger partial charge in [0, 0.05) is 38.8 Å². The first-order valence-electron chi connectivity index (χ1n) is 6.90. The van der Waals surface area contributed by atoms with Crippen LogP contribution in [0.2, 0.25) is 0 Å². The molecular formula is C13H25N5O. The first-order chi connectivity index (χ1) is 9.10. The second-order valence-corrected chi connectivity index (χ2v) is 5.46. The summed E-state index contributed by atoms with van der Waals surface area (Å²) in [5, 5.41) is 4.40. The fraction of sp³-hybridized carbons (Fsp3) is 0.769. The van der Waals surface area contributed by atoms with E-state index in [9.17, 15) is 0 Å². The van der Waals surface area contributed by atoms with Gasteiger partial charge in [-0.3, -0.25) is 20.9 Å². The maximum Gasteiger partial charge on any atom is 0.0872 e. The van der Waals surface area contributed by atoms with Gasteiger partial charge in [0.1, 0.15) is 0 Å². The average Bonchev–Trinajstić information content (AvgIpc) is 2.81. The monoisotopic (exact) mass is 267 g/mol. The van der Waals surface area contributed by atoms with Gasteiger partial charge in [0.25, 0.3) is 0 Å². The molecule has 1 saturated heterocycles. The third-order valence-electron chi connectivity index (χ3n) is 3.72. The van der Waals surface area contributed by atoms with Crippen molar-refractivity contribution in [3.8, 4) is 0 Å². The number of hydrogen-bond donors (Lipinski definition) is 2. The Kier molecular flexibility index (Phi) is 4.93. The van der Waals surface area contributed by atoms with Crippen molar-refractivity contribution in [1.82, 2.24) is 20.1 Å². The van der Waals surface area contributed by atoms with E-state index in [2.05, 4.69) is 29.3 Å². The van der Waals surface area contributed by atoms with Crippen molar-refractivity contribution in [2.45, 2.75) is 38.5 Å². The van der Waals surface area contributed by atoms with Crippen LogP contribution in [0.3, 0.4) is 0 Å². The Morgan fingerprint density at radius 3 is 2.95 bits per heavy atom. The number of aromatic nitrogens is 2. The summed E-state index contributed by atoms with van der Waals surface area (Å²) in [5.74, 6) is 5.70. The smallest absolute Gasteiger partial charge is 0.0872 e. The number of aryl methyl sites for hydroxylation is 1. The zero-order chi connectivity index (χ0) is 13.8. The highest BCUT2D eigenvalue weighted by molar-refractivity contribution is 5.03. The van der Waals surface area contributed by atoms with E-state index in [1.165, 1.54) is 0 Å². The Bertz CT molecular complexity index is 392. The molecule has 0 saturated carbocycles. The minimum absolute atomic E-state index is 0.0939. The van der Waals surface area contributed by atoms with E-state index in [4.69, 9.17) is 10.6 Å². The van der Waals surface area contributed by atoms with Crippen LogP contribution in [0.25, 0.3) is 0 Å². The molecule has 2 rings (SSSR count). The zero-order valence-electron chi connectivity index (χ0n) is 12.0. The molecule has 1 aliphatic heterocycles. The Balaban J connectivity index is 1.96. The van der Waals surface area contributed by atoms with E-state index >= 15 is 0 Å². The summed E-state index contributed by atoms with van der Waals surface area (Å²) in [6, 6.07) is 2.66. The van der Waals surface area contributed by atoms with Crippen LogP contribution in [0.5, 0.6) is 0 Å². The molecule has 0 spiro atoms.